The average molecular weight is 233 g/mol. The van der Waals surface area contributed by atoms with Crippen molar-refractivity contribution in [1.29, 1.82) is 0 Å². The Hall–Kier alpha value is -1.25. The molecule has 0 spiro atoms. The summed E-state index contributed by atoms with van der Waals surface area (Å²) in [6, 6.07) is 12.4. The number of nitrogens with zero attached hydrogens (tertiary/aromatic N) is 1. The predicted molar refractivity (Wildman–Crippen MR) is 66.6 cm³/mol. The largest absolute Gasteiger partial charge is 0.341 e. The smallest absolute Gasteiger partial charge is 0.0672 e. The minimum absolute atomic E-state index is 0.852. The van der Waals surface area contributed by atoms with Gasteiger partial charge in [-0.05, 0) is 11.6 Å². The first-order chi connectivity index (χ1) is 7.86. The second kappa shape index (κ2) is 3.96. The fourth-order valence-corrected chi connectivity index (χ4v) is 2.60. The highest BCUT2D eigenvalue weighted by atomic mass is 35.5. The van der Waals surface area contributed by atoms with Gasteiger partial charge < -0.3 is 9.88 Å². The Morgan fingerprint density at radius 1 is 1.19 bits per heavy atom. The Bertz CT molecular complexity index is 502. The minimum atomic E-state index is 0.852. The van der Waals surface area contributed by atoms with Gasteiger partial charge in [-0.1, -0.05) is 41.9 Å². The molecule has 2 nitrogen and oxygen atoms in total. The van der Waals surface area contributed by atoms with Crippen LogP contribution in [-0.2, 0) is 13.1 Å². The summed E-state index contributed by atoms with van der Waals surface area (Å²) >= 11 is 6.32. The quantitative estimate of drug-likeness (QED) is 0.800. The molecular formula is C13H13ClN2. The molecule has 1 aromatic carbocycles. The molecule has 1 N–H and O–H groups in total. The number of benzene rings is 1. The molecule has 1 aromatic heterocycles. The Labute approximate surface area is 99.8 Å². The first-order valence-electron chi connectivity index (χ1n) is 5.50. The standard InChI is InChI=1S/C13H13ClN2/c14-12-8-11-9-15-6-7-16(11)13(12)10-4-2-1-3-5-10/h1-5,8,15H,6-7,9H2. The van der Waals surface area contributed by atoms with Crippen molar-refractivity contribution in [3.8, 4) is 11.3 Å². The lowest BCUT2D eigenvalue weighted by molar-refractivity contribution is 0.520. The maximum absolute atomic E-state index is 6.32. The monoisotopic (exact) mass is 232 g/mol. The lowest BCUT2D eigenvalue weighted by Gasteiger charge is -2.19. The van der Waals surface area contributed by atoms with Crippen molar-refractivity contribution in [3.63, 3.8) is 0 Å². The van der Waals surface area contributed by atoms with Crippen LogP contribution in [0.5, 0.6) is 0 Å². The van der Waals surface area contributed by atoms with Gasteiger partial charge in [0.15, 0.2) is 0 Å². The fourth-order valence-electron chi connectivity index (χ4n) is 2.26. The van der Waals surface area contributed by atoms with E-state index >= 15 is 0 Å². The van der Waals surface area contributed by atoms with Gasteiger partial charge in [0, 0.05) is 25.3 Å². The van der Waals surface area contributed by atoms with E-state index in [1.54, 1.807) is 0 Å². The van der Waals surface area contributed by atoms with Gasteiger partial charge in [0.05, 0.1) is 10.7 Å². The molecule has 16 heavy (non-hydrogen) atoms. The molecule has 0 saturated heterocycles. The number of rotatable bonds is 1. The van der Waals surface area contributed by atoms with Crippen LogP contribution in [0.15, 0.2) is 36.4 Å². The summed E-state index contributed by atoms with van der Waals surface area (Å²) in [5.74, 6) is 0. The van der Waals surface area contributed by atoms with Crippen LogP contribution in [0.3, 0.4) is 0 Å². The van der Waals surface area contributed by atoms with E-state index in [0.29, 0.717) is 0 Å². The third kappa shape index (κ3) is 1.55. The van der Waals surface area contributed by atoms with Crippen LogP contribution in [0.2, 0.25) is 5.02 Å². The summed E-state index contributed by atoms with van der Waals surface area (Å²) in [5.41, 5.74) is 3.62. The van der Waals surface area contributed by atoms with Gasteiger partial charge in [0.1, 0.15) is 0 Å². The second-order valence-electron chi connectivity index (χ2n) is 4.03. The number of nitrogens with one attached hydrogen (secondary N) is 1. The van der Waals surface area contributed by atoms with Crippen LogP contribution in [0.4, 0.5) is 0 Å². The third-order valence-electron chi connectivity index (χ3n) is 3.00. The van der Waals surface area contributed by atoms with Crippen LogP contribution in [0, 0.1) is 0 Å². The van der Waals surface area contributed by atoms with Crippen LogP contribution < -0.4 is 5.32 Å². The highest BCUT2D eigenvalue weighted by Crippen LogP contribution is 2.32. The van der Waals surface area contributed by atoms with Gasteiger partial charge in [0.25, 0.3) is 0 Å². The van der Waals surface area contributed by atoms with Crippen LogP contribution >= 0.6 is 11.6 Å². The van der Waals surface area contributed by atoms with Crippen molar-refractivity contribution in [2.75, 3.05) is 6.54 Å². The molecule has 1 aliphatic heterocycles. The van der Waals surface area contributed by atoms with Crippen molar-refractivity contribution in [2.24, 2.45) is 0 Å². The van der Waals surface area contributed by atoms with Gasteiger partial charge in [-0.3, -0.25) is 0 Å². The van der Waals surface area contributed by atoms with E-state index in [4.69, 9.17) is 11.6 Å². The van der Waals surface area contributed by atoms with Gasteiger partial charge in [0.2, 0.25) is 0 Å². The average Bonchev–Trinajstić information content (AvgIpc) is 2.66. The number of fused-ring (bicyclic) bond motifs is 1. The van der Waals surface area contributed by atoms with Crippen molar-refractivity contribution >= 4 is 11.6 Å². The molecule has 0 bridgehead atoms. The van der Waals surface area contributed by atoms with Gasteiger partial charge in [-0.25, -0.2) is 0 Å². The molecule has 3 heteroatoms. The lowest BCUT2D eigenvalue weighted by atomic mass is 10.1. The molecule has 0 aliphatic carbocycles. The summed E-state index contributed by atoms with van der Waals surface area (Å²) in [4.78, 5) is 0. The Morgan fingerprint density at radius 2 is 2.00 bits per heavy atom. The summed E-state index contributed by atoms with van der Waals surface area (Å²) in [6.07, 6.45) is 0. The van der Waals surface area contributed by atoms with E-state index in [1.165, 1.54) is 11.3 Å². The Kier molecular flexibility index (Phi) is 2.46. The maximum atomic E-state index is 6.32. The molecule has 82 valence electrons. The Balaban J connectivity index is 2.17. The zero-order valence-corrected chi connectivity index (χ0v) is 9.67. The van der Waals surface area contributed by atoms with Crippen LogP contribution in [-0.4, -0.2) is 11.1 Å². The van der Waals surface area contributed by atoms with Crippen molar-refractivity contribution in [3.05, 3.63) is 47.1 Å². The third-order valence-corrected chi connectivity index (χ3v) is 3.29. The SMILES string of the molecule is Clc1cc2n(c1-c1ccccc1)CCNC2. The van der Waals surface area contributed by atoms with Gasteiger partial charge in [-0.2, -0.15) is 0 Å². The molecule has 0 fully saturated rings. The second-order valence-corrected chi connectivity index (χ2v) is 4.43. The van der Waals surface area contributed by atoms with Crippen LogP contribution in [0.25, 0.3) is 11.3 Å². The molecule has 0 radical (unpaired) electrons. The molecule has 2 heterocycles. The highest BCUT2D eigenvalue weighted by molar-refractivity contribution is 6.33. The number of hydrogen-bond acceptors (Lipinski definition) is 1. The van der Waals surface area contributed by atoms with Crippen molar-refractivity contribution in [1.82, 2.24) is 9.88 Å². The molecule has 2 aromatic rings. The van der Waals surface area contributed by atoms with Gasteiger partial charge in [-0.15, -0.1) is 0 Å². The van der Waals surface area contributed by atoms with E-state index in [9.17, 15) is 0 Å². The van der Waals surface area contributed by atoms with Gasteiger partial charge >= 0.3 is 0 Å². The summed E-state index contributed by atoms with van der Waals surface area (Å²) in [7, 11) is 0. The lowest BCUT2D eigenvalue weighted by Crippen LogP contribution is -2.27. The van der Waals surface area contributed by atoms with E-state index in [2.05, 4.69) is 28.1 Å². The van der Waals surface area contributed by atoms with E-state index in [0.717, 1.165) is 30.4 Å². The normalized spacial score (nSPS) is 14.8. The van der Waals surface area contributed by atoms with E-state index in [1.807, 2.05) is 18.2 Å². The first-order valence-corrected chi connectivity index (χ1v) is 5.88. The predicted octanol–water partition coefficient (Wildman–Crippen LogP) is 2.91. The van der Waals surface area contributed by atoms with Crippen molar-refractivity contribution < 1.29 is 0 Å². The zero-order valence-electron chi connectivity index (χ0n) is 8.91. The molecule has 1 aliphatic rings. The molecule has 0 unspecified atom stereocenters. The number of aromatic nitrogens is 1. The highest BCUT2D eigenvalue weighted by Gasteiger charge is 2.17. The topological polar surface area (TPSA) is 17.0 Å². The summed E-state index contributed by atoms with van der Waals surface area (Å²) in [6.45, 7) is 2.91. The summed E-state index contributed by atoms with van der Waals surface area (Å²) < 4.78 is 2.31. The Morgan fingerprint density at radius 3 is 2.81 bits per heavy atom. The maximum Gasteiger partial charge on any atom is 0.0672 e. The number of halogens is 1. The molecule has 0 saturated carbocycles. The summed E-state index contributed by atoms with van der Waals surface area (Å²) in [5, 5.41) is 4.21. The zero-order chi connectivity index (χ0) is 11.0. The molecule has 0 atom stereocenters. The minimum Gasteiger partial charge on any atom is -0.341 e. The number of hydrogen-bond donors (Lipinski definition) is 1. The van der Waals surface area contributed by atoms with E-state index < -0.39 is 0 Å². The first kappa shape index (κ1) is 9.94. The molecule has 3 rings (SSSR count). The van der Waals surface area contributed by atoms with E-state index in [-0.39, 0.29) is 0 Å². The van der Waals surface area contributed by atoms with Crippen molar-refractivity contribution in [2.45, 2.75) is 13.1 Å². The van der Waals surface area contributed by atoms with Crippen LogP contribution in [0.1, 0.15) is 5.69 Å². The molecular weight excluding hydrogens is 220 g/mol. The molecule has 0 amide bonds. The fraction of sp³-hybridized carbons (Fsp3) is 0.231.